The molecule has 2 N–H and O–H groups in total. The van der Waals surface area contributed by atoms with Crippen LogP contribution >= 0.6 is 0 Å². The molecular formula is C18H21NO3. The van der Waals surface area contributed by atoms with Crippen LogP contribution in [0.25, 0.3) is 0 Å². The summed E-state index contributed by atoms with van der Waals surface area (Å²) >= 11 is 0. The van der Waals surface area contributed by atoms with E-state index >= 15 is 0 Å². The first kappa shape index (κ1) is 15.9. The Kier molecular flexibility index (Phi) is 4.71. The van der Waals surface area contributed by atoms with Crippen molar-refractivity contribution in [2.75, 3.05) is 12.4 Å². The fraction of sp³-hybridized carbons (Fsp3) is 0.278. The zero-order valence-corrected chi connectivity index (χ0v) is 13.3. The summed E-state index contributed by atoms with van der Waals surface area (Å²) in [5.41, 5.74) is 3.09. The van der Waals surface area contributed by atoms with Crippen LogP contribution in [-0.4, -0.2) is 18.1 Å². The monoisotopic (exact) mass is 299 g/mol. The number of hydrogen-bond acceptors (Lipinski definition) is 3. The third-order valence-corrected chi connectivity index (χ3v) is 3.62. The van der Waals surface area contributed by atoms with Crippen molar-refractivity contribution in [1.82, 2.24) is 0 Å². The molecule has 0 atom stereocenters. The van der Waals surface area contributed by atoms with E-state index in [0.717, 1.165) is 16.8 Å². The molecule has 0 aliphatic heterocycles. The van der Waals surface area contributed by atoms with Gasteiger partial charge in [-0.25, -0.2) is 0 Å². The molecule has 2 aromatic rings. The van der Waals surface area contributed by atoms with Gasteiger partial charge in [-0.05, 0) is 36.1 Å². The molecule has 0 radical (unpaired) electrons. The average molecular weight is 299 g/mol. The Morgan fingerprint density at radius 1 is 1.23 bits per heavy atom. The number of amides is 1. The summed E-state index contributed by atoms with van der Waals surface area (Å²) in [4.78, 5) is 12.4. The third-order valence-electron chi connectivity index (χ3n) is 3.62. The lowest BCUT2D eigenvalue weighted by atomic mass is 9.98. The summed E-state index contributed by atoms with van der Waals surface area (Å²) in [5, 5.41) is 12.9. The highest BCUT2D eigenvalue weighted by molar-refractivity contribution is 6.07. The maximum atomic E-state index is 12.4. The van der Waals surface area contributed by atoms with Gasteiger partial charge in [-0.15, -0.1) is 0 Å². The number of aryl methyl sites for hydroxylation is 1. The predicted molar refractivity (Wildman–Crippen MR) is 87.9 cm³/mol. The number of aromatic hydroxyl groups is 1. The molecule has 4 nitrogen and oxygen atoms in total. The SMILES string of the molecule is COc1ccc(C(=O)Nc2c(C)cccc2C(C)C)c(O)c1. The molecule has 0 fully saturated rings. The number of benzene rings is 2. The molecule has 1 amide bonds. The zero-order valence-electron chi connectivity index (χ0n) is 13.3. The Morgan fingerprint density at radius 2 is 1.95 bits per heavy atom. The minimum atomic E-state index is -0.337. The second kappa shape index (κ2) is 6.52. The van der Waals surface area contributed by atoms with Gasteiger partial charge >= 0.3 is 0 Å². The van der Waals surface area contributed by atoms with Crippen LogP contribution < -0.4 is 10.1 Å². The van der Waals surface area contributed by atoms with Crippen molar-refractivity contribution in [3.63, 3.8) is 0 Å². The molecule has 0 saturated carbocycles. The van der Waals surface area contributed by atoms with Crippen LogP contribution in [0.15, 0.2) is 36.4 Å². The Balaban J connectivity index is 2.34. The lowest BCUT2D eigenvalue weighted by Gasteiger charge is -2.17. The zero-order chi connectivity index (χ0) is 16.3. The number of anilines is 1. The molecule has 22 heavy (non-hydrogen) atoms. The maximum absolute atomic E-state index is 12.4. The van der Waals surface area contributed by atoms with Gasteiger partial charge in [0.25, 0.3) is 5.91 Å². The molecule has 0 aliphatic rings. The van der Waals surface area contributed by atoms with Crippen molar-refractivity contribution in [3.8, 4) is 11.5 Å². The fourth-order valence-corrected chi connectivity index (χ4v) is 2.35. The molecule has 116 valence electrons. The van der Waals surface area contributed by atoms with Gasteiger partial charge in [-0.2, -0.15) is 0 Å². The van der Waals surface area contributed by atoms with Crippen LogP contribution in [-0.2, 0) is 0 Å². The van der Waals surface area contributed by atoms with E-state index in [-0.39, 0.29) is 17.2 Å². The van der Waals surface area contributed by atoms with Gasteiger partial charge in [-0.3, -0.25) is 4.79 Å². The Bertz CT molecular complexity index is 693. The number of rotatable bonds is 4. The molecule has 0 saturated heterocycles. The standard InChI is InChI=1S/C18H21NO3/c1-11(2)14-7-5-6-12(3)17(14)19-18(21)15-9-8-13(22-4)10-16(15)20/h5-11,20H,1-4H3,(H,19,21). The van der Waals surface area contributed by atoms with Crippen molar-refractivity contribution >= 4 is 11.6 Å². The van der Waals surface area contributed by atoms with E-state index in [9.17, 15) is 9.90 Å². The summed E-state index contributed by atoms with van der Waals surface area (Å²) in [5.74, 6) is 0.361. The van der Waals surface area contributed by atoms with Gasteiger partial charge in [0.05, 0.1) is 12.7 Å². The van der Waals surface area contributed by atoms with Gasteiger partial charge < -0.3 is 15.2 Å². The van der Waals surface area contributed by atoms with E-state index in [1.54, 1.807) is 12.1 Å². The highest BCUT2D eigenvalue weighted by Crippen LogP contribution is 2.29. The molecule has 0 bridgehead atoms. The van der Waals surface area contributed by atoms with Crippen LogP contribution in [0.5, 0.6) is 11.5 Å². The molecular weight excluding hydrogens is 278 g/mol. The maximum Gasteiger partial charge on any atom is 0.259 e. The van der Waals surface area contributed by atoms with E-state index in [1.807, 2.05) is 25.1 Å². The highest BCUT2D eigenvalue weighted by Gasteiger charge is 2.16. The number of phenolic OH excluding ortho intramolecular Hbond substituents is 1. The molecule has 0 unspecified atom stereocenters. The van der Waals surface area contributed by atoms with E-state index in [4.69, 9.17) is 4.74 Å². The van der Waals surface area contributed by atoms with Crippen LogP contribution in [0.2, 0.25) is 0 Å². The van der Waals surface area contributed by atoms with E-state index < -0.39 is 0 Å². The number of ether oxygens (including phenoxy) is 1. The summed E-state index contributed by atoms with van der Waals surface area (Å²) in [6.07, 6.45) is 0. The van der Waals surface area contributed by atoms with E-state index in [0.29, 0.717) is 11.7 Å². The minimum absolute atomic E-state index is 0.100. The number of para-hydroxylation sites is 1. The fourth-order valence-electron chi connectivity index (χ4n) is 2.35. The molecule has 0 spiro atoms. The second-order valence-corrected chi connectivity index (χ2v) is 5.53. The van der Waals surface area contributed by atoms with Crippen molar-refractivity contribution in [1.29, 1.82) is 0 Å². The predicted octanol–water partition coefficient (Wildman–Crippen LogP) is 4.08. The molecule has 0 heterocycles. The number of nitrogens with one attached hydrogen (secondary N) is 1. The second-order valence-electron chi connectivity index (χ2n) is 5.53. The van der Waals surface area contributed by atoms with Gasteiger partial charge in [0.2, 0.25) is 0 Å². The van der Waals surface area contributed by atoms with Gasteiger partial charge in [0, 0.05) is 11.8 Å². The van der Waals surface area contributed by atoms with E-state index in [1.165, 1.54) is 13.2 Å². The normalized spacial score (nSPS) is 10.6. The number of methoxy groups -OCH3 is 1. The van der Waals surface area contributed by atoms with Crippen LogP contribution in [0.3, 0.4) is 0 Å². The first-order valence-electron chi connectivity index (χ1n) is 7.22. The van der Waals surface area contributed by atoms with Crippen LogP contribution in [0, 0.1) is 6.92 Å². The number of carbonyl (C=O) groups excluding carboxylic acids is 1. The number of hydrogen-bond donors (Lipinski definition) is 2. The van der Waals surface area contributed by atoms with E-state index in [2.05, 4.69) is 19.2 Å². The average Bonchev–Trinajstić information content (AvgIpc) is 2.48. The molecule has 2 aromatic carbocycles. The van der Waals surface area contributed by atoms with Crippen LogP contribution in [0.4, 0.5) is 5.69 Å². The first-order valence-corrected chi connectivity index (χ1v) is 7.22. The minimum Gasteiger partial charge on any atom is -0.507 e. The molecule has 4 heteroatoms. The topological polar surface area (TPSA) is 58.6 Å². The lowest BCUT2D eigenvalue weighted by Crippen LogP contribution is -2.15. The largest absolute Gasteiger partial charge is 0.507 e. The molecule has 0 aliphatic carbocycles. The molecule has 0 aromatic heterocycles. The lowest BCUT2D eigenvalue weighted by molar-refractivity contribution is 0.102. The quantitative estimate of drug-likeness (QED) is 0.894. The third kappa shape index (κ3) is 3.22. The summed E-state index contributed by atoms with van der Waals surface area (Å²) in [7, 11) is 1.51. The van der Waals surface area contributed by atoms with Gasteiger partial charge in [0.15, 0.2) is 0 Å². The molecule has 2 rings (SSSR count). The number of phenols is 1. The van der Waals surface area contributed by atoms with Crippen molar-refractivity contribution in [3.05, 3.63) is 53.1 Å². The Hall–Kier alpha value is -2.49. The van der Waals surface area contributed by atoms with Gasteiger partial charge in [0.1, 0.15) is 11.5 Å². The van der Waals surface area contributed by atoms with Crippen molar-refractivity contribution in [2.45, 2.75) is 26.7 Å². The smallest absolute Gasteiger partial charge is 0.259 e. The highest BCUT2D eigenvalue weighted by atomic mass is 16.5. The van der Waals surface area contributed by atoms with Crippen molar-refractivity contribution in [2.24, 2.45) is 0 Å². The number of carbonyl (C=O) groups is 1. The van der Waals surface area contributed by atoms with Crippen molar-refractivity contribution < 1.29 is 14.6 Å². The first-order chi connectivity index (χ1) is 10.4. The summed E-state index contributed by atoms with van der Waals surface area (Å²) in [6, 6.07) is 10.6. The Morgan fingerprint density at radius 3 is 2.55 bits per heavy atom. The van der Waals surface area contributed by atoms with Gasteiger partial charge in [-0.1, -0.05) is 32.0 Å². The Labute approximate surface area is 130 Å². The van der Waals surface area contributed by atoms with Crippen LogP contribution in [0.1, 0.15) is 41.3 Å². The summed E-state index contributed by atoms with van der Waals surface area (Å²) in [6.45, 7) is 6.11. The summed E-state index contributed by atoms with van der Waals surface area (Å²) < 4.78 is 5.03.